The third-order valence-corrected chi connectivity index (χ3v) is 4.78. The molecule has 2 fully saturated rings. The van der Waals surface area contributed by atoms with E-state index in [2.05, 4.69) is 41.4 Å². The van der Waals surface area contributed by atoms with E-state index in [4.69, 9.17) is 0 Å². The quantitative estimate of drug-likeness (QED) is 0.870. The van der Waals surface area contributed by atoms with E-state index in [1.54, 1.807) is 0 Å². The highest BCUT2D eigenvalue weighted by atomic mass is 15.1. The molecule has 1 aromatic rings. The lowest BCUT2D eigenvalue weighted by Gasteiger charge is -2.30. The van der Waals surface area contributed by atoms with Gasteiger partial charge in [0.2, 0.25) is 0 Å². The highest BCUT2D eigenvalue weighted by Gasteiger charge is 2.21. The van der Waals surface area contributed by atoms with E-state index in [0.717, 1.165) is 5.92 Å². The van der Waals surface area contributed by atoms with Gasteiger partial charge in [0.05, 0.1) is 0 Å². The van der Waals surface area contributed by atoms with Gasteiger partial charge in [-0.05, 0) is 49.8 Å². The zero-order valence-corrected chi connectivity index (χ0v) is 12.1. The minimum absolute atomic E-state index is 0.669. The Labute approximate surface area is 117 Å². The van der Waals surface area contributed by atoms with Crippen LogP contribution in [0.1, 0.15) is 45.4 Å². The maximum Gasteiger partial charge on any atom is 0.0386 e. The summed E-state index contributed by atoms with van der Waals surface area (Å²) >= 11 is 0. The van der Waals surface area contributed by atoms with Gasteiger partial charge in [-0.25, -0.2) is 0 Å². The van der Waals surface area contributed by atoms with Crippen molar-refractivity contribution in [2.75, 3.05) is 23.3 Å². The van der Waals surface area contributed by atoms with Gasteiger partial charge in [-0.2, -0.15) is 0 Å². The van der Waals surface area contributed by atoms with Gasteiger partial charge in [0.25, 0.3) is 0 Å². The number of hydrogen-bond acceptors (Lipinski definition) is 2. The molecular weight excluding hydrogens is 232 g/mol. The third-order valence-electron chi connectivity index (χ3n) is 4.78. The molecule has 0 unspecified atom stereocenters. The van der Waals surface area contributed by atoms with Crippen LogP contribution in [0.4, 0.5) is 11.4 Å². The lowest BCUT2D eigenvalue weighted by Crippen LogP contribution is -2.30. The first-order chi connectivity index (χ1) is 9.33. The monoisotopic (exact) mass is 258 g/mol. The molecule has 0 amide bonds. The van der Waals surface area contributed by atoms with Gasteiger partial charge >= 0.3 is 0 Å². The summed E-state index contributed by atoms with van der Waals surface area (Å²) in [6, 6.07) is 9.68. The third kappa shape index (κ3) is 3.05. The topological polar surface area (TPSA) is 15.3 Å². The molecule has 1 aliphatic heterocycles. The zero-order valence-electron chi connectivity index (χ0n) is 12.1. The SMILES string of the molecule is C[C@@H]1CCCC[C@H]1Nc1cccc(N2CCCC2)c1. The van der Waals surface area contributed by atoms with E-state index in [1.807, 2.05) is 0 Å². The second-order valence-corrected chi connectivity index (χ2v) is 6.26. The summed E-state index contributed by atoms with van der Waals surface area (Å²) in [5, 5.41) is 3.77. The fourth-order valence-electron chi connectivity index (χ4n) is 3.51. The lowest BCUT2D eigenvalue weighted by molar-refractivity contribution is 0.349. The summed E-state index contributed by atoms with van der Waals surface area (Å²) in [6.07, 6.45) is 8.19. The number of nitrogens with zero attached hydrogens (tertiary/aromatic N) is 1. The Morgan fingerprint density at radius 1 is 1.05 bits per heavy atom. The maximum absolute atomic E-state index is 3.77. The Bertz CT molecular complexity index is 409. The van der Waals surface area contributed by atoms with Gasteiger partial charge in [-0.3, -0.25) is 0 Å². The summed E-state index contributed by atoms with van der Waals surface area (Å²) in [4.78, 5) is 2.51. The number of rotatable bonds is 3. The second-order valence-electron chi connectivity index (χ2n) is 6.26. The Morgan fingerprint density at radius 2 is 1.84 bits per heavy atom. The lowest BCUT2D eigenvalue weighted by atomic mass is 9.86. The zero-order chi connectivity index (χ0) is 13.1. The van der Waals surface area contributed by atoms with Crippen molar-refractivity contribution in [3.8, 4) is 0 Å². The van der Waals surface area contributed by atoms with E-state index in [0.29, 0.717) is 6.04 Å². The first kappa shape index (κ1) is 12.8. The van der Waals surface area contributed by atoms with Crippen molar-refractivity contribution in [1.82, 2.24) is 0 Å². The van der Waals surface area contributed by atoms with Crippen LogP contribution in [0.3, 0.4) is 0 Å². The maximum atomic E-state index is 3.77. The van der Waals surface area contributed by atoms with Crippen LogP contribution < -0.4 is 10.2 Å². The Balaban J connectivity index is 1.68. The van der Waals surface area contributed by atoms with Crippen molar-refractivity contribution in [2.45, 2.75) is 51.5 Å². The van der Waals surface area contributed by atoms with Crippen molar-refractivity contribution in [1.29, 1.82) is 0 Å². The Hall–Kier alpha value is -1.18. The fourth-order valence-corrected chi connectivity index (χ4v) is 3.51. The smallest absolute Gasteiger partial charge is 0.0386 e. The molecule has 104 valence electrons. The molecule has 0 bridgehead atoms. The van der Waals surface area contributed by atoms with Crippen LogP contribution in [-0.4, -0.2) is 19.1 Å². The molecule has 2 atom stereocenters. The Morgan fingerprint density at radius 3 is 2.63 bits per heavy atom. The van der Waals surface area contributed by atoms with Gasteiger partial charge in [0.15, 0.2) is 0 Å². The first-order valence-corrected chi connectivity index (χ1v) is 7.94. The molecule has 2 aliphatic rings. The molecule has 2 nitrogen and oxygen atoms in total. The van der Waals surface area contributed by atoms with Crippen molar-refractivity contribution >= 4 is 11.4 Å². The molecule has 1 aromatic carbocycles. The molecule has 1 heterocycles. The summed E-state index contributed by atoms with van der Waals surface area (Å²) < 4.78 is 0. The molecule has 1 N–H and O–H groups in total. The van der Waals surface area contributed by atoms with Crippen molar-refractivity contribution in [3.05, 3.63) is 24.3 Å². The summed E-state index contributed by atoms with van der Waals surface area (Å²) in [7, 11) is 0. The summed E-state index contributed by atoms with van der Waals surface area (Å²) in [6.45, 7) is 4.84. The first-order valence-electron chi connectivity index (χ1n) is 7.94. The number of anilines is 2. The van der Waals surface area contributed by atoms with Crippen molar-refractivity contribution < 1.29 is 0 Å². The highest BCUT2D eigenvalue weighted by molar-refractivity contribution is 5.58. The molecule has 0 spiro atoms. The van der Waals surface area contributed by atoms with Crippen LogP contribution in [-0.2, 0) is 0 Å². The van der Waals surface area contributed by atoms with Gasteiger partial charge in [-0.15, -0.1) is 0 Å². The molecule has 3 rings (SSSR count). The number of benzene rings is 1. The second kappa shape index (κ2) is 5.85. The van der Waals surface area contributed by atoms with E-state index >= 15 is 0 Å². The minimum atomic E-state index is 0.669. The van der Waals surface area contributed by atoms with Gasteiger partial charge in [0.1, 0.15) is 0 Å². The van der Waals surface area contributed by atoms with E-state index in [9.17, 15) is 0 Å². The molecule has 0 aromatic heterocycles. The molecule has 1 aliphatic carbocycles. The van der Waals surface area contributed by atoms with Gasteiger partial charge in [0, 0.05) is 30.5 Å². The molecule has 19 heavy (non-hydrogen) atoms. The standard InChI is InChI=1S/C17H26N2/c1-14-7-2-3-10-17(14)18-15-8-6-9-16(13-15)19-11-4-5-12-19/h6,8-9,13-14,17-18H,2-5,7,10-12H2,1H3/t14-,17-/m1/s1. The molecule has 0 radical (unpaired) electrons. The fraction of sp³-hybridized carbons (Fsp3) is 0.647. The molecule has 2 heteroatoms. The van der Waals surface area contributed by atoms with Crippen molar-refractivity contribution in [3.63, 3.8) is 0 Å². The largest absolute Gasteiger partial charge is 0.382 e. The van der Waals surface area contributed by atoms with Crippen LogP contribution in [0.5, 0.6) is 0 Å². The average Bonchev–Trinajstić information content (AvgIpc) is 2.96. The van der Waals surface area contributed by atoms with Crippen LogP contribution in [0, 0.1) is 5.92 Å². The predicted molar refractivity (Wildman–Crippen MR) is 82.9 cm³/mol. The van der Waals surface area contributed by atoms with Crippen LogP contribution in [0.15, 0.2) is 24.3 Å². The number of hydrogen-bond donors (Lipinski definition) is 1. The summed E-state index contributed by atoms with van der Waals surface area (Å²) in [5.41, 5.74) is 2.70. The average molecular weight is 258 g/mol. The number of nitrogens with one attached hydrogen (secondary N) is 1. The minimum Gasteiger partial charge on any atom is -0.382 e. The summed E-state index contributed by atoms with van der Waals surface area (Å²) in [5.74, 6) is 0.809. The van der Waals surface area contributed by atoms with E-state index in [1.165, 1.54) is 63.0 Å². The molecular formula is C17H26N2. The van der Waals surface area contributed by atoms with Gasteiger partial charge < -0.3 is 10.2 Å². The van der Waals surface area contributed by atoms with Crippen LogP contribution >= 0.6 is 0 Å². The van der Waals surface area contributed by atoms with Crippen molar-refractivity contribution in [2.24, 2.45) is 5.92 Å². The Kier molecular flexibility index (Phi) is 3.95. The predicted octanol–water partition coefficient (Wildman–Crippen LogP) is 4.28. The van der Waals surface area contributed by atoms with Crippen LogP contribution in [0.2, 0.25) is 0 Å². The normalized spacial score (nSPS) is 27.5. The molecule has 1 saturated carbocycles. The van der Waals surface area contributed by atoms with E-state index < -0.39 is 0 Å². The van der Waals surface area contributed by atoms with E-state index in [-0.39, 0.29) is 0 Å². The molecule has 1 saturated heterocycles. The van der Waals surface area contributed by atoms with Gasteiger partial charge in [-0.1, -0.05) is 25.8 Å². The van der Waals surface area contributed by atoms with Crippen LogP contribution in [0.25, 0.3) is 0 Å². The highest BCUT2D eigenvalue weighted by Crippen LogP contribution is 2.29.